The molecule has 1 fully saturated rings. The molecule has 1 aliphatic rings. The molecule has 2 rings (SSSR count). The highest BCUT2D eigenvalue weighted by Crippen LogP contribution is 2.18. The van der Waals surface area contributed by atoms with E-state index in [0.717, 1.165) is 26.2 Å². The Bertz CT molecular complexity index is 464. The van der Waals surface area contributed by atoms with Crippen LogP contribution >= 0.6 is 0 Å². The highest BCUT2D eigenvalue weighted by Gasteiger charge is 2.21. The van der Waals surface area contributed by atoms with Gasteiger partial charge in [0.25, 0.3) is 0 Å². The summed E-state index contributed by atoms with van der Waals surface area (Å²) in [7, 11) is 2.13. The van der Waals surface area contributed by atoms with E-state index in [0.29, 0.717) is 18.4 Å². The van der Waals surface area contributed by atoms with Crippen molar-refractivity contribution in [3.63, 3.8) is 0 Å². The zero-order valence-electron chi connectivity index (χ0n) is 12.1. The zero-order valence-corrected chi connectivity index (χ0v) is 12.1. The van der Waals surface area contributed by atoms with Crippen LogP contribution in [0.15, 0.2) is 24.3 Å². The molecule has 1 saturated heterocycles. The second-order valence-corrected chi connectivity index (χ2v) is 5.30. The van der Waals surface area contributed by atoms with Crippen LogP contribution in [0.5, 0.6) is 5.75 Å². The minimum atomic E-state index is -0.950. The number of ether oxygens (including phenoxy) is 1. The molecule has 0 aliphatic carbocycles. The van der Waals surface area contributed by atoms with Gasteiger partial charge in [-0.25, -0.2) is 4.79 Å². The monoisotopic (exact) mass is 278 g/mol. The fourth-order valence-corrected chi connectivity index (χ4v) is 2.55. The van der Waals surface area contributed by atoms with Crippen molar-refractivity contribution in [1.29, 1.82) is 0 Å². The summed E-state index contributed by atoms with van der Waals surface area (Å²) in [6.45, 7) is 6.70. The second kappa shape index (κ2) is 6.72. The van der Waals surface area contributed by atoms with E-state index in [4.69, 9.17) is 9.84 Å². The normalized spacial score (nSPS) is 20.8. The van der Waals surface area contributed by atoms with Crippen molar-refractivity contribution in [2.45, 2.75) is 13.0 Å². The van der Waals surface area contributed by atoms with E-state index in [9.17, 15) is 4.79 Å². The number of nitrogens with zero attached hydrogens (tertiary/aromatic N) is 2. The number of carbonyl (C=O) groups is 1. The van der Waals surface area contributed by atoms with Crippen LogP contribution in [-0.2, 0) is 0 Å². The van der Waals surface area contributed by atoms with Crippen molar-refractivity contribution in [1.82, 2.24) is 9.80 Å². The Balaban J connectivity index is 1.86. The summed E-state index contributed by atoms with van der Waals surface area (Å²) < 4.78 is 5.64. The Kier molecular flexibility index (Phi) is 4.98. The van der Waals surface area contributed by atoms with Gasteiger partial charge in [-0.2, -0.15) is 0 Å². The van der Waals surface area contributed by atoms with Crippen LogP contribution in [0.4, 0.5) is 0 Å². The first-order valence-corrected chi connectivity index (χ1v) is 6.95. The largest absolute Gasteiger partial charge is 0.491 e. The van der Waals surface area contributed by atoms with Crippen LogP contribution in [0.2, 0.25) is 0 Å². The predicted octanol–water partition coefficient (Wildman–Crippen LogP) is 1.40. The average Bonchev–Trinajstić information content (AvgIpc) is 2.41. The number of hydrogen-bond acceptors (Lipinski definition) is 4. The molecule has 20 heavy (non-hydrogen) atoms. The van der Waals surface area contributed by atoms with Crippen LogP contribution < -0.4 is 4.74 Å². The van der Waals surface area contributed by atoms with Crippen molar-refractivity contribution < 1.29 is 14.6 Å². The Morgan fingerprint density at radius 1 is 1.40 bits per heavy atom. The van der Waals surface area contributed by atoms with E-state index in [1.807, 2.05) is 0 Å². The summed E-state index contributed by atoms with van der Waals surface area (Å²) in [5.41, 5.74) is 0.221. The van der Waals surface area contributed by atoms with E-state index in [1.165, 1.54) is 0 Å². The first-order valence-electron chi connectivity index (χ1n) is 6.95. The third-order valence-corrected chi connectivity index (χ3v) is 3.72. The van der Waals surface area contributed by atoms with Crippen molar-refractivity contribution in [2.75, 3.05) is 39.8 Å². The van der Waals surface area contributed by atoms with Crippen molar-refractivity contribution in [3.8, 4) is 5.75 Å². The van der Waals surface area contributed by atoms with Gasteiger partial charge in [0.1, 0.15) is 17.9 Å². The lowest BCUT2D eigenvalue weighted by Gasteiger charge is -2.38. The highest BCUT2D eigenvalue weighted by atomic mass is 16.5. The summed E-state index contributed by atoms with van der Waals surface area (Å²) in [4.78, 5) is 15.8. The van der Waals surface area contributed by atoms with E-state index >= 15 is 0 Å². The molecule has 1 aliphatic heterocycles. The Morgan fingerprint density at radius 3 is 2.85 bits per heavy atom. The molecule has 0 bridgehead atoms. The van der Waals surface area contributed by atoms with Gasteiger partial charge in [0.2, 0.25) is 0 Å². The van der Waals surface area contributed by atoms with E-state index < -0.39 is 5.97 Å². The van der Waals surface area contributed by atoms with Gasteiger partial charge in [-0.1, -0.05) is 12.1 Å². The fourth-order valence-electron chi connectivity index (χ4n) is 2.55. The lowest BCUT2D eigenvalue weighted by atomic mass is 10.2. The Labute approximate surface area is 119 Å². The lowest BCUT2D eigenvalue weighted by Crippen LogP contribution is -2.51. The van der Waals surface area contributed by atoms with Gasteiger partial charge in [-0.15, -0.1) is 0 Å². The SMILES string of the molecule is CC1CN(C)CCN1CCOc1ccccc1C(=O)O. The number of hydrogen-bond donors (Lipinski definition) is 1. The summed E-state index contributed by atoms with van der Waals surface area (Å²) in [6, 6.07) is 7.28. The maximum Gasteiger partial charge on any atom is 0.339 e. The van der Waals surface area contributed by atoms with Gasteiger partial charge >= 0.3 is 5.97 Å². The Morgan fingerprint density at radius 2 is 2.15 bits per heavy atom. The number of likely N-dealkylation sites (N-methyl/N-ethyl adjacent to an activating group) is 1. The third kappa shape index (κ3) is 3.71. The van der Waals surface area contributed by atoms with Gasteiger partial charge < -0.3 is 14.7 Å². The third-order valence-electron chi connectivity index (χ3n) is 3.72. The van der Waals surface area contributed by atoms with Crippen LogP contribution in [0.3, 0.4) is 0 Å². The Hall–Kier alpha value is -1.59. The molecule has 1 N–H and O–H groups in total. The van der Waals surface area contributed by atoms with Gasteiger partial charge in [0, 0.05) is 32.2 Å². The van der Waals surface area contributed by atoms with Crippen molar-refractivity contribution in [3.05, 3.63) is 29.8 Å². The van der Waals surface area contributed by atoms with Crippen molar-refractivity contribution >= 4 is 5.97 Å². The highest BCUT2D eigenvalue weighted by molar-refractivity contribution is 5.90. The smallest absolute Gasteiger partial charge is 0.339 e. The molecule has 0 aromatic heterocycles. The molecule has 110 valence electrons. The first-order chi connectivity index (χ1) is 9.58. The quantitative estimate of drug-likeness (QED) is 0.882. The van der Waals surface area contributed by atoms with Gasteiger partial charge in [-0.05, 0) is 26.1 Å². The van der Waals surface area contributed by atoms with E-state index in [2.05, 4.69) is 23.8 Å². The van der Waals surface area contributed by atoms with E-state index in [1.54, 1.807) is 24.3 Å². The molecular weight excluding hydrogens is 256 g/mol. The first kappa shape index (κ1) is 14.8. The number of benzene rings is 1. The van der Waals surface area contributed by atoms with Gasteiger partial charge in [-0.3, -0.25) is 4.90 Å². The van der Waals surface area contributed by atoms with Crippen molar-refractivity contribution in [2.24, 2.45) is 0 Å². The van der Waals surface area contributed by atoms with Gasteiger partial charge in [0.15, 0.2) is 0 Å². The standard InChI is InChI=1S/C15H22N2O3/c1-12-11-16(2)7-8-17(12)9-10-20-14-6-4-3-5-13(14)15(18)19/h3-6,12H,7-11H2,1-2H3,(H,18,19). The van der Waals surface area contributed by atoms with Crippen LogP contribution in [-0.4, -0.2) is 66.8 Å². The topological polar surface area (TPSA) is 53.0 Å². The fraction of sp³-hybridized carbons (Fsp3) is 0.533. The molecule has 1 atom stereocenters. The number of carboxylic acid groups (broad SMARTS) is 1. The summed E-state index contributed by atoms with van der Waals surface area (Å²) >= 11 is 0. The molecule has 0 spiro atoms. The zero-order chi connectivity index (χ0) is 14.5. The molecule has 1 aromatic rings. The number of carboxylic acids is 1. The molecule has 0 saturated carbocycles. The summed E-state index contributed by atoms with van der Waals surface area (Å²) in [6.07, 6.45) is 0. The molecule has 1 heterocycles. The lowest BCUT2D eigenvalue weighted by molar-refractivity contribution is 0.0685. The van der Waals surface area contributed by atoms with Gasteiger partial charge in [0.05, 0.1) is 0 Å². The molecule has 5 nitrogen and oxygen atoms in total. The van der Waals surface area contributed by atoms with E-state index in [-0.39, 0.29) is 5.56 Å². The minimum absolute atomic E-state index is 0.221. The second-order valence-electron chi connectivity index (χ2n) is 5.30. The molecule has 0 amide bonds. The molecular formula is C15H22N2O3. The summed E-state index contributed by atoms with van der Waals surface area (Å²) in [5.74, 6) is -0.504. The summed E-state index contributed by atoms with van der Waals surface area (Å²) in [5, 5.41) is 9.09. The predicted molar refractivity (Wildman–Crippen MR) is 77.4 cm³/mol. The average molecular weight is 278 g/mol. The number of piperazine rings is 1. The van der Waals surface area contributed by atoms with Crippen LogP contribution in [0.25, 0.3) is 0 Å². The molecule has 0 radical (unpaired) electrons. The van der Waals surface area contributed by atoms with Crippen LogP contribution in [0, 0.1) is 0 Å². The van der Waals surface area contributed by atoms with Crippen LogP contribution in [0.1, 0.15) is 17.3 Å². The number of aromatic carboxylic acids is 1. The molecule has 1 unspecified atom stereocenters. The maximum absolute atomic E-state index is 11.1. The number of para-hydroxylation sites is 1. The maximum atomic E-state index is 11.1. The molecule has 5 heteroatoms. The molecule has 1 aromatic carbocycles. The number of rotatable bonds is 5. The minimum Gasteiger partial charge on any atom is -0.491 e.